The molecule has 0 bridgehead atoms. The Morgan fingerprint density at radius 2 is 2.00 bits per heavy atom. The molecule has 6 heteroatoms. The van der Waals surface area contributed by atoms with Crippen LogP contribution in [0, 0.1) is 6.92 Å². The highest BCUT2D eigenvalue weighted by molar-refractivity contribution is 6.31. The van der Waals surface area contributed by atoms with Crippen LogP contribution in [-0.2, 0) is 13.6 Å². The van der Waals surface area contributed by atoms with Crippen molar-refractivity contribution in [2.45, 2.75) is 13.5 Å². The lowest BCUT2D eigenvalue weighted by Crippen LogP contribution is -2.40. The predicted octanol–water partition coefficient (Wildman–Crippen LogP) is 1.14. The van der Waals surface area contributed by atoms with Crippen molar-refractivity contribution in [3.63, 3.8) is 0 Å². The van der Waals surface area contributed by atoms with Gasteiger partial charge in [-0.05, 0) is 24.1 Å². The van der Waals surface area contributed by atoms with Gasteiger partial charge in [0.15, 0.2) is 0 Å². The Labute approximate surface area is 114 Å². The fourth-order valence-corrected chi connectivity index (χ4v) is 2.14. The van der Waals surface area contributed by atoms with Gasteiger partial charge >= 0.3 is 5.69 Å². The zero-order valence-corrected chi connectivity index (χ0v) is 11.4. The van der Waals surface area contributed by atoms with Gasteiger partial charge in [-0.25, -0.2) is 4.79 Å². The third kappa shape index (κ3) is 2.56. The molecular weight excluding hydrogens is 266 g/mol. The van der Waals surface area contributed by atoms with Crippen LogP contribution >= 0.6 is 11.6 Å². The SMILES string of the molecule is Cc1ccc(Cn2c(=O)c(N)cn(C)c2=O)c(Cl)c1. The number of nitrogens with zero attached hydrogens (tertiary/aromatic N) is 2. The van der Waals surface area contributed by atoms with E-state index in [-0.39, 0.29) is 12.2 Å². The van der Waals surface area contributed by atoms with E-state index in [2.05, 4.69) is 0 Å². The van der Waals surface area contributed by atoms with Crippen LogP contribution in [0.3, 0.4) is 0 Å². The smallest absolute Gasteiger partial charge is 0.331 e. The largest absolute Gasteiger partial charge is 0.393 e. The van der Waals surface area contributed by atoms with Crippen molar-refractivity contribution < 1.29 is 0 Å². The van der Waals surface area contributed by atoms with E-state index >= 15 is 0 Å². The molecule has 0 unspecified atom stereocenters. The van der Waals surface area contributed by atoms with Crippen LogP contribution < -0.4 is 17.0 Å². The lowest BCUT2D eigenvalue weighted by Gasteiger charge is -2.10. The van der Waals surface area contributed by atoms with Gasteiger partial charge in [-0.15, -0.1) is 0 Å². The highest BCUT2D eigenvalue weighted by Gasteiger charge is 2.10. The average molecular weight is 280 g/mol. The molecule has 2 aromatic rings. The summed E-state index contributed by atoms with van der Waals surface area (Å²) in [5, 5.41) is 0.524. The summed E-state index contributed by atoms with van der Waals surface area (Å²) in [7, 11) is 1.55. The Kier molecular flexibility index (Phi) is 3.48. The van der Waals surface area contributed by atoms with Gasteiger partial charge in [0.1, 0.15) is 5.69 Å². The molecule has 0 spiro atoms. The van der Waals surface area contributed by atoms with Crippen molar-refractivity contribution >= 4 is 17.3 Å². The second-order valence-corrected chi connectivity index (χ2v) is 4.87. The zero-order valence-electron chi connectivity index (χ0n) is 10.7. The molecule has 1 aromatic heterocycles. The van der Waals surface area contributed by atoms with Crippen molar-refractivity contribution in [2.75, 3.05) is 5.73 Å². The Morgan fingerprint density at radius 3 is 2.63 bits per heavy atom. The highest BCUT2D eigenvalue weighted by Crippen LogP contribution is 2.17. The van der Waals surface area contributed by atoms with Crippen LogP contribution in [0.2, 0.25) is 5.02 Å². The van der Waals surface area contributed by atoms with Gasteiger partial charge in [-0.3, -0.25) is 9.36 Å². The summed E-state index contributed by atoms with van der Waals surface area (Å²) in [6.07, 6.45) is 1.32. The average Bonchev–Trinajstić information content (AvgIpc) is 2.34. The molecule has 0 saturated heterocycles. The number of nitrogen functional groups attached to an aromatic ring is 1. The zero-order chi connectivity index (χ0) is 14.2. The first-order valence-corrected chi connectivity index (χ1v) is 6.09. The number of nitrogens with two attached hydrogens (primary N) is 1. The number of anilines is 1. The van der Waals surface area contributed by atoms with Gasteiger partial charge in [0.25, 0.3) is 5.56 Å². The van der Waals surface area contributed by atoms with Crippen LogP contribution in [0.5, 0.6) is 0 Å². The van der Waals surface area contributed by atoms with Gasteiger partial charge < -0.3 is 10.3 Å². The summed E-state index contributed by atoms with van der Waals surface area (Å²) in [5.74, 6) is 0. The fraction of sp³-hybridized carbons (Fsp3) is 0.231. The highest BCUT2D eigenvalue weighted by atomic mass is 35.5. The maximum atomic E-state index is 12.0. The van der Waals surface area contributed by atoms with Gasteiger partial charge in [0.05, 0.1) is 6.54 Å². The molecule has 1 aromatic carbocycles. The third-order valence-corrected chi connectivity index (χ3v) is 3.25. The molecule has 100 valence electrons. The van der Waals surface area contributed by atoms with E-state index < -0.39 is 11.2 Å². The molecule has 5 nitrogen and oxygen atoms in total. The number of rotatable bonds is 2. The first kappa shape index (κ1) is 13.4. The molecule has 0 aliphatic heterocycles. The van der Waals surface area contributed by atoms with E-state index in [1.165, 1.54) is 10.8 Å². The Hall–Kier alpha value is -2.01. The van der Waals surface area contributed by atoms with E-state index in [0.29, 0.717) is 10.6 Å². The number of benzene rings is 1. The molecule has 0 radical (unpaired) electrons. The van der Waals surface area contributed by atoms with Crippen molar-refractivity contribution in [3.8, 4) is 0 Å². The Balaban J connectivity index is 2.56. The van der Waals surface area contributed by atoms with Gasteiger partial charge in [0, 0.05) is 18.3 Å². The van der Waals surface area contributed by atoms with Gasteiger partial charge in [-0.1, -0.05) is 23.7 Å². The summed E-state index contributed by atoms with van der Waals surface area (Å²) >= 11 is 6.11. The first-order chi connectivity index (χ1) is 8.90. The van der Waals surface area contributed by atoms with E-state index in [1.807, 2.05) is 13.0 Å². The molecule has 0 atom stereocenters. The molecule has 0 aliphatic carbocycles. The van der Waals surface area contributed by atoms with Gasteiger partial charge in [-0.2, -0.15) is 0 Å². The van der Waals surface area contributed by atoms with Crippen molar-refractivity contribution in [2.24, 2.45) is 7.05 Å². The second kappa shape index (κ2) is 4.93. The van der Waals surface area contributed by atoms with Crippen molar-refractivity contribution in [3.05, 3.63) is 61.4 Å². The van der Waals surface area contributed by atoms with E-state index in [4.69, 9.17) is 17.3 Å². The normalized spacial score (nSPS) is 10.7. The maximum Gasteiger partial charge on any atom is 0.331 e. The summed E-state index contributed by atoms with van der Waals surface area (Å²) < 4.78 is 2.35. The summed E-state index contributed by atoms with van der Waals surface area (Å²) in [6.45, 7) is 2.02. The first-order valence-electron chi connectivity index (χ1n) is 5.71. The minimum absolute atomic E-state index is 0.0327. The molecule has 2 rings (SSSR count). The van der Waals surface area contributed by atoms with Crippen LogP contribution in [0.15, 0.2) is 34.0 Å². The van der Waals surface area contributed by atoms with Crippen molar-refractivity contribution in [1.82, 2.24) is 9.13 Å². The molecule has 0 amide bonds. The fourth-order valence-electron chi connectivity index (χ4n) is 1.84. The molecular formula is C13H14ClN3O2. The van der Waals surface area contributed by atoms with Crippen LogP contribution in [0.25, 0.3) is 0 Å². The molecule has 1 heterocycles. The Morgan fingerprint density at radius 1 is 1.32 bits per heavy atom. The minimum Gasteiger partial charge on any atom is -0.393 e. The molecule has 0 aliphatic rings. The summed E-state index contributed by atoms with van der Waals surface area (Å²) in [6, 6.07) is 5.47. The number of halogens is 1. The Bertz CT molecular complexity index is 712. The predicted molar refractivity (Wildman–Crippen MR) is 75.6 cm³/mol. The summed E-state index contributed by atoms with van der Waals surface area (Å²) in [5.41, 5.74) is 6.41. The van der Waals surface area contributed by atoms with E-state index in [9.17, 15) is 9.59 Å². The van der Waals surface area contributed by atoms with Crippen LogP contribution in [0.1, 0.15) is 11.1 Å². The van der Waals surface area contributed by atoms with E-state index in [1.54, 1.807) is 19.2 Å². The van der Waals surface area contributed by atoms with Gasteiger partial charge in [0.2, 0.25) is 0 Å². The van der Waals surface area contributed by atoms with Crippen LogP contribution in [-0.4, -0.2) is 9.13 Å². The lowest BCUT2D eigenvalue weighted by molar-refractivity contribution is 0.643. The number of aryl methyl sites for hydroxylation is 2. The number of aromatic nitrogens is 2. The molecule has 19 heavy (non-hydrogen) atoms. The number of hydrogen-bond donors (Lipinski definition) is 1. The topological polar surface area (TPSA) is 70.0 Å². The quantitative estimate of drug-likeness (QED) is 0.896. The summed E-state index contributed by atoms with van der Waals surface area (Å²) in [4.78, 5) is 23.9. The van der Waals surface area contributed by atoms with E-state index in [0.717, 1.165) is 10.1 Å². The van der Waals surface area contributed by atoms with Crippen molar-refractivity contribution in [1.29, 1.82) is 0 Å². The molecule has 0 fully saturated rings. The molecule has 0 saturated carbocycles. The second-order valence-electron chi connectivity index (χ2n) is 4.46. The maximum absolute atomic E-state index is 12.0. The third-order valence-electron chi connectivity index (χ3n) is 2.89. The number of hydrogen-bond acceptors (Lipinski definition) is 3. The van der Waals surface area contributed by atoms with Crippen LogP contribution in [0.4, 0.5) is 5.69 Å². The minimum atomic E-state index is -0.500. The molecule has 2 N–H and O–H groups in total. The lowest BCUT2D eigenvalue weighted by atomic mass is 10.1. The monoisotopic (exact) mass is 279 g/mol. The standard InChI is InChI=1S/C13H14ClN3O2/c1-8-3-4-9(10(14)5-8)6-17-12(18)11(15)7-16(2)13(17)19/h3-5,7H,6,15H2,1-2H3.